The lowest BCUT2D eigenvalue weighted by Gasteiger charge is -1.98. The zero-order valence-electron chi connectivity index (χ0n) is 6.55. The summed E-state index contributed by atoms with van der Waals surface area (Å²) in [4.78, 5) is 0. The summed E-state index contributed by atoms with van der Waals surface area (Å²) < 4.78 is 1.19. The van der Waals surface area contributed by atoms with E-state index in [0.717, 1.165) is 6.42 Å². The third-order valence-corrected chi connectivity index (χ3v) is 2.30. The summed E-state index contributed by atoms with van der Waals surface area (Å²) in [6.45, 7) is 2.04. The number of hydrogen-bond acceptors (Lipinski definition) is 0. The highest BCUT2D eigenvalue weighted by Crippen LogP contribution is 2.16. The first kappa shape index (κ1) is 8.54. The molecule has 1 rings (SSSR count). The van der Waals surface area contributed by atoms with Crippen LogP contribution in [0.5, 0.6) is 0 Å². The average Bonchev–Trinajstić information content (AvgIpc) is 2.03. The number of benzene rings is 1. The van der Waals surface area contributed by atoms with Gasteiger partial charge in [-0.2, -0.15) is 0 Å². The van der Waals surface area contributed by atoms with Gasteiger partial charge in [0.05, 0.1) is 0 Å². The second kappa shape index (κ2) is 4.35. The van der Waals surface area contributed by atoms with E-state index in [0.29, 0.717) is 0 Å². The molecule has 1 aromatic rings. The molecule has 0 bridgehead atoms. The molecular weight excluding hydrogens is 200 g/mol. The van der Waals surface area contributed by atoms with Crippen molar-refractivity contribution in [2.75, 3.05) is 0 Å². The zero-order valence-corrected chi connectivity index (χ0v) is 8.14. The fourth-order valence-corrected chi connectivity index (χ4v) is 1.36. The molecule has 0 aliphatic heterocycles. The van der Waals surface area contributed by atoms with Crippen molar-refractivity contribution in [3.05, 3.63) is 46.5 Å². The average molecular weight is 211 g/mol. The van der Waals surface area contributed by atoms with Gasteiger partial charge in [0.15, 0.2) is 0 Å². The molecule has 0 atom stereocenters. The Hall–Kier alpha value is -0.560. The van der Waals surface area contributed by atoms with E-state index in [2.05, 4.69) is 46.3 Å². The van der Waals surface area contributed by atoms with E-state index in [-0.39, 0.29) is 0 Å². The van der Waals surface area contributed by atoms with Gasteiger partial charge in [0.25, 0.3) is 0 Å². The molecule has 0 aliphatic carbocycles. The van der Waals surface area contributed by atoms with Gasteiger partial charge in [0, 0.05) is 4.47 Å². The minimum atomic E-state index is 1.01. The standard InChI is InChI=1S/C10H11Br/c1-2-3-6-9-7-4-5-8-10(9)11/h2-5,7-8H,6H2,1H3. The lowest BCUT2D eigenvalue weighted by molar-refractivity contribution is 1.24. The molecule has 0 radical (unpaired) electrons. The lowest BCUT2D eigenvalue weighted by Crippen LogP contribution is -1.80. The van der Waals surface area contributed by atoms with Crippen molar-refractivity contribution >= 4 is 15.9 Å². The summed E-state index contributed by atoms with van der Waals surface area (Å²) >= 11 is 3.49. The molecular formula is C10H11Br. The van der Waals surface area contributed by atoms with Crippen LogP contribution in [0.15, 0.2) is 40.9 Å². The first-order chi connectivity index (χ1) is 5.34. The van der Waals surface area contributed by atoms with Gasteiger partial charge >= 0.3 is 0 Å². The Labute approximate surface area is 76.1 Å². The number of hydrogen-bond donors (Lipinski definition) is 0. The molecule has 0 fully saturated rings. The smallest absolute Gasteiger partial charge is 0.0210 e. The fourth-order valence-electron chi connectivity index (χ4n) is 0.909. The van der Waals surface area contributed by atoms with Gasteiger partial charge in [0.2, 0.25) is 0 Å². The maximum Gasteiger partial charge on any atom is 0.0210 e. The van der Waals surface area contributed by atoms with Crippen molar-refractivity contribution in [2.24, 2.45) is 0 Å². The monoisotopic (exact) mass is 210 g/mol. The molecule has 0 N–H and O–H groups in total. The third kappa shape index (κ3) is 2.51. The van der Waals surface area contributed by atoms with E-state index >= 15 is 0 Å². The summed E-state index contributed by atoms with van der Waals surface area (Å²) in [7, 11) is 0. The number of allylic oxidation sites excluding steroid dienone is 2. The maximum atomic E-state index is 3.49. The fraction of sp³-hybridized carbons (Fsp3) is 0.200. The van der Waals surface area contributed by atoms with E-state index in [1.807, 2.05) is 13.0 Å². The largest absolute Gasteiger partial charge is 0.0913 e. The molecule has 0 spiro atoms. The minimum absolute atomic E-state index is 1.01. The van der Waals surface area contributed by atoms with Crippen LogP contribution in [-0.2, 0) is 6.42 Å². The van der Waals surface area contributed by atoms with Gasteiger partial charge < -0.3 is 0 Å². The topological polar surface area (TPSA) is 0 Å². The van der Waals surface area contributed by atoms with Gasteiger partial charge in [-0.1, -0.05) is 46.3 Å². The summed E-state index contributed by atoms with van der Waals surface area (Å²) in [5, 5.41) is 0. The van der Waals surface area contributed by atoms with Crippen LogP contribution in [0.25, 0.3) is 0 Å². The van der Waals surface area contributed by atoms with Gasteiger partial charge in [-0.05, 0) is 25.0 Å². The summed E-state index contributed by atoms with van der Waals surface area (Å²) in [6.07, 6.45) is 5.23. The molecule has 0 aromatic heterocycles. The van der Waals surface area contributed by atoms with Gasteiger partial charge in [0.1, 0.15) is 0 Å². The molecule has 58 valence electrons. The van der Waals surface area contributed by atoms with Crippen LogP contribution < -0.4 is 0 Å². The van der Waals surface area contributed by atoms with Crippen LogP contribution in [0.1, 0.15) is 12.5 Å². The highest BCUT2D eigenvalue weighted by Gasteiger charge is 1.93. The third-order valence-electron chi connectivity index (χ3n) is 1.53. The Bertz CT molecular complexity index is 251. The molecule has 0 saturated carbocycles. The van der Waals surface area contributed by atoms with Crippen LogP contribution >= 0.6 is 15.9 Å². The quantitative estimate of drug-likeness (QED) is 0.656. The molecule has 1 aromatic carbocycles. The van der Waals surface area contributed by atoms with Gasteiger partial charge in [-0.3, -0.25) is 0 Å². The molecule has 0 saturated heterocycles. The van der Waals surface area contributed by atoms with E-state index < -0.39 is 0 Å². The summed E-state index contributed by atoms with van der Waals surface area (Å²) in [6, 6.07) is 8.29. The highest BCUT2D eigenvalue weighted by molar-refractivity contribution is 9.10. The van der Waals surface area contributed by atoms with Crippen molar-refractivity contribution < 1.29 is 0 Å². The van der Waals surface area contributed by atoms with Gasteiger partial charge in [-0.15, -0.1) is 0 Å². The Morgan fingerprint density at radius 1 is 1.36 bits per heavy atom. The lowest BCUT2D eigenvalue weighted by atomic mass is 10.1. The minimum Gasteiger partial charge on any atom is -0.0913 e. The Morgan fingerprint density at radius 2 is 2.09 bits per heavy atom. The van der Waals surface area contributed by atoms with E-state index in [1.165, 1.54) is 10.0 Å². The van der Waals surface area contributed by atoms with Crippen LogP contribution in [0.4, 0.5) is 0 Å². The van der Waals surface area contributed by atoms with Crippen molar-refractivity contribution in [1.29, 1.82) is 0 Å². The van der Waals surface area contributed by atoms with Crippen LogP contribution in [-0.4, -0.2) is 0 Å². The first-order valence-electron chi connectivity index (χ1n) is 3.69. The van der Waals surface area contributed by atoms with E-state index in [1.54, 1.807) is 0 Å². The first-order valence-corrected chi connectivity index (χ1v) is 4.48. The van der Waals surface area contributed by atoms with E-state index in [4.69, 9.17) is 0 Å². The second-order valence-electron chi connectivity index (χ2n) is 2.36. The number of rotatable bonds is 2. The second-order valence-corrected chi connectivity index (χ2v) is 3.22. The molecule has 0 amide bonds. The van der Waals surface area contributed by atoms with E-state index in [9.17, 15) is 0 Å². The maximum absolute atomic E-state index is 3.49. The van der Waals surface area contributed by atoms with Crippen molar-refractivity contribution in [2.45, 2.75) is 13.3 Å². The molecule has 0 unspecified atom stereocenters. The highest BCUT2D eigenvalue weighted by atomic mass is 79.9. The summed E-state index contributed by atoms with van der Waals surface area (Å²) in [5.41, 5.74) is 1.34. The SMILES string of the molecule is CC=CCc1ccccc1Br. The van der Waals surface area contributed by atoms with Crippen LogP contribution in [0.2, 0.25) is 0 Å². The zero-order chi connectivity index (χ0) is 8.10. The molecule has 1 heteroatoms. The van der Waals surface area contributed by atoms with Crippen LogP contribution in [0, 0.1) is 0 Å². The predicted octanol–water partition coefficient (Wildman–Crippen LogP) is 3.57. The normalized spacial score (nSPS) is 10.7. The van der Waals surface area contributed by atoms with Gasteiger partial charge in [-0.25, -0.2) is 0 Å². The van der Waals surface area contributed by atoms with Crippen molar-refractivity contribution in [3.8, 4) is 0 Å². The van der Waals surface area contributed by atoms with Crippen molar-refractivity contribution in [3.63, 3.8) is 0 Å². The molecule has 0 heterocycles. The molecule has 11 heavy (non-hydrogen) atoms. The Kier molecular flexibility index (Phi) is 3.37. The summed E-state index contributed by atoms with van der Waals surface area (Å²) in [5.74, 6) is 0. The van der Waals surface area contributed by atoms with Crippen molar-refractivity contribution in [1.82, 2.24) is 0 Å². The molecule has 0 nitrogen and oxygen atoms in total. The van der Waals surface area contributed by atoms with Crippen LogP contribution in [0.3, 0.4) is 0 Å². The Morgan fingerprint density at radius 3 is 2.73 bits per heavy atom. The Balaban J connectivity index is 2.77. The molecule has 0 aliphatic rings. The number of halogens is 1. The predicted molar refractivity (Wildman–Crippen MR) is 52.7 cm³/mol.